The Morgan fingerprint density at radius 1 is 1.43 bits per heavy atom. The molecule has 0 saturated carbocycles. The smallest absolute Gasteiger partial charge is 0.326 e. The van der Waals surface area contributed by atoms with Gasteiger partial charge in [0.15, 0.2) is 0 Å². The molecule has 2 aromatic rings. The minimum Gasteiger partial charge on any atom is -0.480 e. The summed E-state index contributed by atoms with van der Waals surface area (Å²) in [4.78, 5) is 23.4. The van der Waals surface area contributed by atoms with Gasteiger partial charge in [0.25, 0.3) is 5.91 Å². The zero-order valence-electron chi connectivity index (χ0n) is 12.2. The first-order chi connectivity index (χ1) is 9.93. The normalized spacial score (nSPS) is 13.9. The molecular formula is C14H18N4O3. The van der Waals surface area contributed by atoms with Gasteiger partial charge in [-0.2, -0.15) is 0 Å². The lowest BCUT2D eigenvalue weighted by Gasteiger charge is -2.20. The topological polar surface area (TPSA) is 97.1 Å². The van der Waals surface area contributed by atoms with Crippen molar-refractivity contribution in [3.63, 3.8) is 0 Å². The fraction of sp³-hybridized carbons (Fsp3) is 0.429. The van der Waals surface area contributed by atoms with Crippen molar-refractivity contribution in [1.82, 2.24) is 20.3 Å². The van der Waals surface area contributed by atoms with Crippen LogP contribution in [0.15, 0.2) is 18.2 Å². The number of aliphatic carboxylic acids is 1. The van der Waals surface area contributed by atoms with Crippen LogP contribution >= 0.6 is 0 Å². The number of aryl methyl sites for hydroxylation is 1. The molecule has 1 heterocycles. The third-order valence-corrected chi connectivity index (χ3v) is 3.64. The van der Waals surface area contributed by atoms with Crippen molar-refractivity contribution in [3.8, 4) is 0 Å². The number of rotatable bonds is 5. The van der Waals surface area contributed by atoms with E-state index in [1.165, 1.54) is 0 Å². The molecule has 7 nitrogen and oxygen atoms in total. The van der Waals surface area contributed by atoms with Crippen LogP contribution in [0.5, 0.6) is 0 Å². The number of benzene rings is 1. The molecule has 0 unspecified atom stereocenters. The van der Waals surface area contributed by atoms with Crippen molar-refractivity contribution in [2.45, 2.75) is 26.3 Å². The first-order valence-electron chi connectivity index (χ1n) is 6.77. The highest BCUT2D eigenvalue weighted by molar-refractivity contribution is 5.99. The monoisotopic (exact) mass is 290 g/mol. The number of hydrogen-bond acceptors (Lipinski definition) is 4. The summed E-state index contributed by atoms with van der Waals surface area (Å²) >= 11 is 0. The third kappa shape index (κ3) is 3.01. The van der Waals surface area contributed by atoms with E-state index in [9.17, 15) is 14.7 Å². The van der Waals surface area contributed by atoms with Gasteiger partial charge < -0.3 is 10.4 Å². The second-order valence-corrected chi connectivity index (χ2v) is 5.09. The van der Waals surface area contributed by atoms with Crippen LogP contribution in [0.4, 0.5) is 0 Å². The van der Waals surface area contributed by atoms with Crippen molar-refractivity contribution in [2.24, 2.45) is 13.0 Å². The number of hydrogen-bond donors (Lipinski definition) is 2. The van der Waals surface area contributed by atoms with E-state index in [2.05, 4.69) is 15.6 Å². The maximum atomic E-state index is 12.2. The van der Waals surface area contributed by atoms with Gasteiger partial charge in [-0.05, 0) is 24.1 Å². The van der Waals surface area contributed by atoms with Crippen LogP contribution in [0.1, 0.15) is 30.6 Å². The van der Waals surface area contributed by atoms with E-state index >= 15 is 0 Å². The molecule has 0 saturated heterocycles. The Labute approximate surface area is 121 Å². The van der Waals surface area contributed by atoms with Crippen LogP contribution in [-0.4, -0.2) is 38.0 Å². The second kappa shape index (κ2) is 5.90. The van der Waals surface area contributed by atoms with E-state index in [0.717, 1.165) is 5.52 Å². The SMILES string of the molecule is CC[C@H](C)[C@H](NC(=O)c1ccc2c(c1)nnn2C)C(=O)O. The highest BCUT2D eigenvalue weighted by Crippen LogP contribution is 2.14. The van der Waals surface area contributed by atoms with Crippen molar-refractivity contribution in [2.75, 3.05) is 0 Å². The molecule has 0 spiro atoms. The first kappa shape index (κ1) is 15.0. The number of amides is 1. The molecule has 1 amide bonds. The number of fused-ring (bicyclic) bond motifs is 1. The summed E-state index contributed by atoms with van der Waals surface area (Å²) in [5, 5.41) is 19.6. The number of carbonyl (C=O) groups excluding carboxylic acids is 1. The fourth-order valence-electron chi connectivity index (χ4n) is 2.09. The zero-order valence-corrected chi connectivity index (χ0v) is 12.2. The van der Waals surface area contributed by atoms with E-state index in [0.29, 0.717) is 17.5 Å². The van der Waals surface area contributed by atoms with Crippen LogP contribution in [0.3, 0.4) is 0 Å². The number of nitrogens with one attached hydrogen (secondary N) is 1. The summed E-state index contributed by atoms with van der Waals surface area (Å²) < 4.78 is 1.61. The van der Waals surface area contributed by atoms with Crippen molar-refractivity contribution >= 4 is 22.9 Å². The Bertz CT molecular complexity index is 680. The number of aromatic nitrogens is 3. The molecule has 0 aliphatic carbocycles. The Balaban J connectivity index is 2.22. The third-order valence-electron chi connectivity index (χ3n) is 3.64. The van der Waals surface area contributed by atoms with Gasteiger partial charge in [-0.15, -0.1) is 5.10 Å². The Hall–Kier alpha value is -2.44. The van der Waals surface area contributed by atoms with E-state index in [-0.39, 0.29) is 5.92 Å². The van der Waals surface area contributed by atoms with E-state index in [4.69, 9.17) is 0 Å². The molecule has 0 radical (unpaired) electrons. The minimum absolute atomic E-state index is 0.147. The molecule has 0 fully saturated rings. The van der Waals surface area contributed by atoms with Gasteiger partial charge in [0, 0.05) is 12.6 Å². The lowest BCUT2D eigenvalue weighted by Crippen LogP contribution is -2.45. The quantitative estimate of drug-likeness (QED) is 0.862. The number of carboxylic acid groups (broad SMARTS) is 1. The molecule has 1 aromatic carbocycles. The summed E-state index contributed by atoms with van der Waals surface area (Å²) in [5.74, 6) is -1.60. The van der Waals surface area contributed by atoms with Crippen LogP contribution < -0.4 is 5.32 Å². The molecular weight excluding hydrogens is 272 g/mol. The number of nitrogens with zero attached hydrogens (tertiary/aromatic N) is 3. The van der Waals surface area contributed by atoms with Gasteiger partial charge in [0.05, 0.1) is 5.52 Å². The highest BCUT2D eigenvalue weighted by Gasteiger charge is 2.25. The van der Waals surface area contributed by atoms with Crippen LogP contribution in [0.2, 0.25) is 0 Å². The average molecular weight is 290 g/mol. The van der Waals surface area contributed by atoms with Gasteiger partial charge in [-0.1, -0.05) is 25.5 Å². The predicted octanol–water partition coefficient (Wildman–Crippen LogP) is 1.20. The predicted molar refractivity (Wildman–Crippen MR) is 76.9 cm³/mol. The molecule has 7 heteroatoms. The Kier molecular flexibility index (Phi) is 4.21. The number of carboxylic acids is 1. The Morgan fingerprint density at radius 3 is 2.76 bits per heavy atom. The largest absolute Gasteiger partial charge is 0.480 e. The van der Waals surface area contributed by atoms with E-state index in [1.54, 1.807) is 36.9 Å². The summed E-state index contributed by atoms with van der Waals surface area (Å²) in [6.45, 7) is 3.68. The van der Waals surface area contributed by atoms with Crippen LogP contribution in [-0.2, 0) is 11.8 Å². The summed E-state index contributed by atoms with van der Waals surface area (Å²) in [6, 6.07) is 4.08. The molecule has 112 valence electrons. The van der Waals surface area contributed by atoms with E-state index in [1.807, 2.05) is 6.92 Å². The maximum Gasteiger partial charge on any atom is 0.326 e. The van der Waals surface area contributed by atoms with Gasteiger partial charge in [0.2, 0.25) is 0 Å². The lowest BCUT2D eigenvalue weighted by molar-refractivity contribution is -0.140. The summed E-state index contributed by atoms with van der Waals surface area (Å²) in [5.41, 5.74) is 1.78. The van der Waals surface area contributed by atoms with Crippen molar-refractivity contribution in [1.29, 1.82) is 0 Å². The molecule has 2 rings (SSSR count). The molecule has 2 N–H and O–H groups in total. The van der Waals surface area contributed by atoms with Crippen LogP contribution in [0, 0.1) is 5.92 Å². The molecule has 0 aliphatic rings. The second-order valence-electron chi connectivity index (χ2n) is 5.09. The summed E-state index contributed by atoms with van der Waals surface area (Å²) in [6.07, 6.45) is 0.667. The summed E-state index contributed by atoms with van der Waals surface area (Å²) in [7, 11) is 1.76. The standard InChI is InChI=1S/C14H18N4O3/c1-4-8(2)12(14(20)21)15-13(19)9-5-6-11-10(7-9)16-17-18(11)3/h5-8,12H,4H2,1-3H3,(H,15,19)(H,20,21)/t8-,12-/m0/s1. The Morgan fingerprint density at radius 2 is 2.14 bits per heavy atom. The first-order valence-corrected chi connectivity index (χ1v) is 6.77. The fourth-order valence-corrected chi connectivity index (χ4v) is 2.09. The highest BCUT2D eigenvalue weighted by atomic mass is 16.4. The van der Waals surface area contributed by atoms with Gasteiger partial charge >= 0.3 is 5.97 Å². The lowest BCUT2D eigenvalue weighted by atomic mass is 9.99. The van der Waals surface area contributed by atoms with Crippen molar-refractivity contribution < 1.29 is 14.7 Å². The van der Waals surface area contributed by atoms with Crippen molar-refractivity contribution in [3.05, 3.63) is 23.8 Å². The molecule has 0 aliphatic heterocycles. The van der Waals surface area contributed by atoms with Gasteiger partial charge in [-0.25, -0.2) is 9.48 Å². The molecule has 2 atom stereocenters. The maximum absolute atomic E-state index is 12.2. The number of carbonyl (C=O) groups is 2. The van der Waals surface area contributed by atoms with Gasteiger partial charge in [-0.3, -0.25) is 4.79 Å². The average Bonchev–Trinajstić information content (AvgIpc) is 2.84. The molecule has 21 heavy (non-hydrogen) atoms. The van der Waals surface area contributed by atoms with Gasteiger partial charge in [0.1, 0.15) is 11.6 Å². The van der Waals surface area contributed by atoms with Crippen LogP contribution in [0.25, 0.3) is 11.0 Å². The molecule has 0 bridgehead atoms. The molecule has 1 aromatic heterocycles. The van der Waals surface area contributed by atoms with E-state index < -0.39 is 17.9 Å². The zero-order chi connectivity index (χ0) is 15.6. The minimum atomic E-state index is -1.03.